The molecule has 0 unspecified atom stereocenters. The summed E-state index contributed by atoms with van der Waals surface area (Å²) in [6.45, 7) is 8.43. The Morgan fingerprint density at radius 3 is 2.14 bits per heavy atom. The molecule has 0 atom stereocenters. The largest absolute Gasteiger partial charge is 0.359 e. The van der Waals surface area contributed by atoms with Gasteiger partial charge in [0.05, 0.1) is 5.70 Å². The van der Waals surface area contributed by atoms with Crippen LogP contribution in [0.4, 0.5) is 0 Å². The Kier molecular flexibility index (Phi) is 3.38. The summed E-state index contributed by atoms with van der Waals surface area (Å²) in [6.07, 6.45) is 4.17. The first-order valence-corrected chi connectivity index (χ1v) is 7.26. The average molecular weight is 276 g/mol. The van der Waals surface area contributed by atoms with E-state index in [1.807, 2.05) is 6.92 Å². The number of nitrogens with one attached hydrogen (secondary N) is 1. The van der Waals surface area contributed by atoms with Gasteiger partial charge in [0.2, 0.25) is 0 Å². The first-order chi connectivity index (χ1) is 10.1. The second-order valence-electron chi connectivity index (χ2n) is 5.67. The summed E-state index contributed by atoms with van der Waals surface area (Å²) < 4.78 is 0. The number of aromatic nitrogens is 1. The molecule has 1 N–H and O–H groups in total. The smallest absolute Gasteiger partial charge is 0.0732 e. The zero-order chi connectivity index (χ0) is 15.0. The predicted octanol–water partition coefficient (Wildman–Crippen LogP) is 4.73. The van der Waals surface area contributed by atoms with Crippen molar-refractivity contribution >= 4 is 11.3 Å². The van der Waals surface area contributed by atoms with Gasteiger partial charge in [-0.15, -0.1) is 0 Å². The first-order valence-electron chi connectivity index (χ1n) is 7.26. The highest BCUT2D eigenvalue weighted by atomic mass is 14.8. The van der Waals surface area contributed by atoms with Gasteiger partial charge in [0.1, 0.15) is 0 Å². The lowest BCUT2D eigenvalue weighted by Gasteiger charge is -2.14. The number of aryl methyl sites for hydroxylation is 3. The molecule has 1 aliphatic heterocycles. The third-order valence-corrected chi connectivity index (χ3v) is 3.87. The van der Waals surface area contributed by atoms with Gasteiger partial charge in [0, 0.05) is 22.7 Å². The molecule has 0 saturated carbocycles. The van der Waals surface area contributed by atoms with Gasteiger partial charge in [-0.05, 0) is 68.7 Å². The number of nitrogens with zero attached hydrogens (tertiary/aromatic N) is 1. The monoisotopic (exact) mass is 276 g/mol. The standard InChI is InChI=1S/C19H20N2/c1-12-6-5-7-13(2)18(12)19(16-10-8-14(3)20-16)17-11-9-15(4)21-17/h5-11,20H,1-4H3/b19-17+. The molecule has 2 nitrogen and oxygen atoms in total. The average Bonchev–Trinajstić information content (AvgIpc) is 3.03. The van der Waals surface area contributed by atoms with Gasteiger partial charge in [-0.3, -0.25) is 4.99 Å². The van der Waals surface area contributed by atoms with Crippen LogP contribution >= 0.6 is 0 Å². The molecule has 0 radical (unpaired) electrons. The quantitative estimate of drug-likeness (QED) is 0.821. The summed E-state index contributed by atoms with van der Waals surface area (Å²) in [5.74, 6) is 0. The molecule has 0 spiro atoms. The Hall–Kier alpha value is -2.35. The number of hydrogen-bond donors (Lipinski definition) is 1. The second kappa shape index (κ2) is 5.21. The second-order valence-corrected chi connectivity index (χ2v) is 5.67. The molecule has 0 aliphatic carbocycles. The van der Waals surface area contributed by atoms with Gasteiger partial charge in [0.15, 0.2) is 0 Å². The lowest BCUT2D eigenvalue weighted by atomic mass is 9.92. The SMILES string of the molecule is CC1=N/C(=C(\c2ccc(C)[nH]2)c2c(C)cccc2C)C=C1. The summed E-state index contributed by atoms with van der Waals surface area (Å²) >= 11 is 0. The van der Waals surface area contributed by atoms with Gasteiger partial charge in [0.25, 0.3) is 0 Å². The predicted molar refractivity (Wildman–Crippen MR) is 89.7 cm³/mol. The fraction of sp³-hybridized carbons (Fsp3) is 0.211. The van der Waals surface area contributed by atoms with Crippen LogP contribution in [0.15, 0.2) is 53.2 Å². The summed E-state index contributed by atoms with van der Waals surface area (Å²) in [4.78, 5) is 8.16. The number of benzene rings is 1. The third-order valence-electron chi connectivity index (χ3n) is 3.87. The molecule has 1 aliphatic rings. The molecule has 1 aromatic heterocycles. The van der Waals surface area contributed by atoms with Crippen molar-refractivity contribution in [2.75, 3.05) is 0 Å². The van der Waals surface area contributed by atoms with Crippen LogP contribution in [0, 0.1) is 20.8 Å². The van der Waals surface area contributed by atoms with Crippen molar-refractivity contribution in [1.29, 1.82) is 0 Å². The topological polar surface area (TPSA) is 28.1 Å². The third kappa shape index (κ3) is 2.49. The summed E-state index contributed by atoms with van der Waals surface area (Å²) in [5, 5.41) is 0. The van der Waals surface area contributed by atoms with Gasteiger partial charge < -0.3 is 4.98 Å². The van der Waals surface area contributed by atoms with Crippen LogP contribution in [-0.4, -0.2) is 10.7 Å². The van der Waals surface area contributed by atoms with E-state index >= 15 is 0 Å². The molecule has 2 aromatic rings. The lowest BCUT2D eigenvalue weighted by molar-refractivity contribution is 1.21. The Labute approximate surface area is 125 Å². The van der Waals surface area contributed by atoms with E-state index in [-0.39, 0.29) is 0 Å². The number of aromatic amines is 1. The molecule has 21 heavy (non-hydrogen) atoms. The Morgan fingerprint density at radius 1 is 0.905 bits per heavy atom. The summed E-state index contributed by atoms with van der Waals surface area (Å²) in [5.41, 5.74) is 9.39. The maximum atomic E-state index is 4.70. The van der Waals surface area contributed by atoms with Crippen molar-refractivity contribution in [3.63, 3.8) is 0 Å². The number of rotatable bonds is 2. The summed E-state index contributed by atoms with van der Waals surface area (Å²) in [6, 6.07) is 10.7. The van der Waals surface area contributed by atoms with Crippen molar-refractivity contribution in [3.05, 3.63) is 76.3 Å². The summed E-state index contributed by atoms with van der Waals surface area (Å²) in [7, 11) is 0. The lowest BCUT2D eigenvalue weighted by Crippen LogP contribution is -1.98. The molecule has 2 heteroatoms. The van der Waals surface area contributed by atoms with Crippen LogP contribution in [0.25, 0.3) is 5.57 Å². The van der Waals surface area contributed by atoms with Crippen LogP contribution in [0.1, 0.15) is 35.0 Å². The van der Waals surface area contributed by atoms with Crippen LogP contribution in [0.3, 0.4) is 0 Å². The molecule has 0 bridgehead atoms. The van der Waals surface area contributed by atoms with E-state index < -0.39 is 0 Å². The maximum absolute atomic E-state index is 4.70. The van der Waals surface area contributed by atoms with E-state index in [1.165, 1.54) is 22.3 Å². The van der Waals surface area contributed by atoms with Gasteiger partial charge in [-0.2, -0.15) is 0 Å². The van der Waals surface area contributed by atoms with Crippen molar-refractivity contribution in [3.8, 4) is 0 Å². The van der Waals surface area contributed by atoms with E-state index in [0.29, 0.717) is 0 Å². The van der Waals surface area contributed by atoms with Crippen molar-refractivity contribution in [2.45, 2.75) is 27.7 Å². The van der Waals surface area contributed by atoms with E-state index in [1.54, 1.807) is 0 Å². The fourth-order valence-corrected chi connectivity index (χ4v) is 2.86. The highest BCUT2D eigenvalue weighted by molar-refractivity contribution is 5.99. The van der Waals surface area contributed by atoms with Crippen LogP contribution in [0.2, 0.25) is 0 Å². The van der Waals surface area contributed by atoms with Crippen molar-refractivity contribution < 1.29 is 0 Å². The molecule has 1 aromatic carbocycles. The number of allylic oxidation sites excluding steroid dienone is 2. The van der Waals surface area contributed by atoms with E-state index in [0.717, 1.165) is 22.8 Å². The first kappa shape index (κ1) is 13.6. The van der Waals surface area contributed by atoms with Crippen LogP contribution in [-0.2, 0) is 0 Å². The Bertz CT molecular complexity index is 765. The molecule has 0 saturated heterocycles. The number of aliphatic imine (C=N–C) groups is 1. The minimum atomic E-state index is 1.03. The Balaban J connectivity index is 2.31. The molecular formula is C19H20N2. The molecular weight excluding hydrogens is 256 g/mol. The Morgan fingerprint density at radius 2 is 1.62 bits per heavy atom. The maximum Gasteiger partial charge on any atom is 0.0732 e. The number of hydrogen-bond acceptors (Lipinski definition) is 1. The normalized spacial score (nSPS) is 16.3. The highest BCUT2D eigenvalue weighted by Crippen LogP contribution is 2.33. The van der Waals surface area contributed by atoms with Crippen molar-refractivity contribution in [1.82, 2.24) is 4.98 Å². The van der Waals surface area contributed by atoms with E-state index in [2.05, 4.69) is 68.2 Å². The van der Waals surface area contributed by atoms with Gasteiger partial charge >= 0.3 is 0 Å². The minimum Gasteiger partial charge on any atom is -0.359 e. The van der Waals surface area contributed by atoms with Gasteiger partial charge in [-0.25, -0.2) is 0 Å². The van der Waals surface area contributed by atoms with Crippen LogP contribution in [0.5, 0.6) is 0 Å². The molecule has 0 amide bonds. The van der Waals surface area contributed by atoms with Gasteiger partial charge in [-0.1, -0.05) is 18.2 Å². The zero-order valence-corrected chi connectivity index (χ0v) is 13.0. The van der Waals surface area contributed by atoms with E-state index in [4.69, 9.17) is 4.99 Å². The molecule has 0 fully saturated rings. The molecule has 106 valence electrons. The van der Waals surface area contributed by atoms with Crippen LogP contribution < -0.4 is 0 Å². The molecule has 3 rings (SSSR count). The van der Waals surface area contributed by atoms with Crippen molar-refractivity contribution in [2.24, 2.45) is 4.99 Å². The minimum absolute atomic E-state index is 1.03. The number of H-pyrrole nitrogens is 1. The zero-order valence-electron chi connectivity index (χ0n) is 13.0. The fourth-order valence-electron chi connectivity index (χ4n) is 2.86. The highest BCUT2D eigenvalue weighted by Gasteiger charge is 2.17. The molecule has 2 heterocycles. The van der Waals surface area contributed by atoms with E-state index in [9.17, 15) is 0 Å².